The molecule has 2 aliphatic rings. The third-order valence-corrected chi connectivity index (χ3v) is 7.99. The number of rotatable bonds is 6. The van der Waals surface area contributed by atoms with E-state index in [-0.39, 0.29) is 5.69 Å². The van der Waals surface area contributed by atoms with Gasteiger partial charge in [-0.3, -0.25) is 10.1 Å². The lowest BCUT2D eigenvalue weighted by Crippen LogP contribution is -2.53. The fraction of sp³-hybridized carbons (Fsp3) is 0.0968. The molecule has 0 aliphatic carbocycles. The van der Waals surface area contributed by atoms with Gasteiger partial charge in [-0.25, -0.2) is 10.0 Å². The van der Waals surface area contributed by atoms with E-state index in [4.69, 9.17) is 10.2 Å². The zero-order chi connectivity index (χ0) is 26.8. The van der Waals surface area contributed by atoms with Crippen LogP contribution in [-0.2, 0) is 6.42 Å². The van der Waals surface area contributed by atoms with Crippen molar-refractivity contribution in [1.29, 1.82) is 0 Å². The standard InChI is InChI=1S/C31H25N5O2S/c1-2-23-13-15-24(16-14-23)29-21-22-31(34(32-29)26-9-5-3-6-10-26)35(27-11-7-4-8-12-27)33-30(39-31)25-17-19-28(20-18-25)36(37)38/h3-22H,2H2,1H3/t31-/m1/s1. The smallest absolute Gasteiger partial charge is 0.258 e. The molecule has 0 unspecified atom stereocenters. The first-order chi connectivity index (χ1) is 19.1. The van der Waals surface area contributed by atoms with Crippen LogP contribution in [0.4, 0.5) is 17.1 Å². The number of hydrogen-bond acceptors (Lipinski definition) is 7. The van der Waals surface area contributed by atoms with Gasteiger partial charge in [-0.2, -0.15) is 10.2 Å². The van der Waals surface area contributed by atoms with Crippen LogP contribution in [0.5, 0.6) is 0 Å². The molecule has 0 saturated heterocycles. The van der Waals surface area contributed by atoms with Crippen molar-refractivity contribution in [2.75, 3.05) is 10.0 Å². The Morgan fingerprint density at radius 1 is 0.769 bits per heavy atom. The van der Waals surface area contributed by atoms with Gasteiger partial charge in [0.05, 0.1) is 22.0 Å². The van der Waals surface area contributed by atoms with Crippen molar-refractivity contribution in [3.8, 4) is 0 Å². The molecule has 0 bridgehead atoms. The Kier molecular flexibility index (Phi) is 6.46. The van der Waals surface area contributed by atoms with Crippen LogP contribution in [0.25, 0.3) is 0 Å². The van der Waals surface area contributed by atoms with Crippen LogP contribution in [0.15, 0.2) is 132 Å². The number of thioether (sulfide) groups is 1. The summed E-state index contributed by atoms with van der Waals surface area (Å²) in [4.78, 5) is 9.99. The number of anilines is 2. The normalized spacial score (nSPS) is 18.3. The van der Waals surface area contributed by atoms with Crippen LogP contribution >= 0.6 is 11.8 Å². The molecule has 6 rings (SSSR count). The number of nitro benzene ring substituents is 1. The highest BCUT2D eigenvalue weighted by molar-refractivity contribution is 8.16. The molecule has 0 saturated carbocycles. The van der Waals surface area contributed by atoms with E-state index in [0.29, 0.717) is 0 Å². The second-order valence-corrected chi connectivity index (χ2v) is 10.3. The number of aryl methyl sites for hydroxylation is 1. The van der Waals surface area contributed by atoms with Crippen LogP contribution in [0, 0.1) is 10.1 Å². The molecular weight excluding hydrogens is 506 g/mol. The van der Waals surface area contributed by atoms with Gasteiger partial charge in [0, 0.05) is 23.3 Å². The van der Waals surface area contributed by atoms with Crippen molar-refractivity contribution in [2.24, 2.45) is 10.2 Å². The van der Waals surface area contributed by atoms with Gasteiger partial charge in [0.2, 0.25) is 4.99 Å². The predicted octanol–water partition coefficient (Wildman–Crippen LogP) is 7.21. The van der Waals surface area contributed by atoms with Crippen LogP contribution in [0.2, 0.25) is 0 Å². The largest absolute Gasteiger partial charge is 0.269 e. The summed E-state index contributed by atoms with van der Waals surface area (Å²) in [6, 6.07) is 35.0. The second kappa shape index (κ2) is 10.2. The summed E-state index contributed by atoms with van der Waals surface area (Å²) in [6.07, 6.45) is 5.17. The minimum absolute atomic E-state index is 0.0452. The average molecular weight is 532 g/mol. The summed E-state index contributed by atoms with van der Waals surface area (Å²) in [6.45, 7) is 2.14. The van der Waals surface area contributed by atoms with Gasteiger partial charge >= 0.3 is 0 Å². The van der Waals surface area contributed by atoms with E-state index in [2.05, 4.69) is 43.3 Å². The number of hydrogen-bond donors (Lipinski definition) is 0. The van der Waals surface area contributed by atoms with E-state index in [1.54, 1.807) is 23.9 Å². The maximum absolute atomic E-state index is 11.2. The predicted molar refractivity (Wildman–Crippen MR) is 159 cm³/mol. The third-order valence-electron chi connectivity index (χ3n) is 6.70. The molecule has 1 atom stereocenters. The molecule has 0 aromatic heterocycles. The highest BCUT2D eigenvalue weighted by Crippen LogP contribution is 2.49. The lowest BCUT2D eigenvalue weighted by atomic mass is 10.0. The second-order valence-electron chi connectivity index (χ2n) is 9.13. The van der Waals surface area contributed by atoms with Gasteiger partial charge in [0.15, 0.2) is 0 Å². The van der Waals surface area contributed by atoms with E-state index in [0.717, 1.165) is 39.7 Å². The molecule has 0 fully saturated rings. The zero-order valence-corrected chi connectivity index (χ0v) is 22.0. The zero-order valence-electron chi connectivity index (χ0n) is 21.2. The number of non-ortho nitro benzene ring substituents is 1. The Hall–Kier alpha value is -4.69. The average Bonchev–Trinajstić information content (AvgIpc) is 3.38. The molecule has 0 radical (unpaired) electrons. The monoisotopic (exact) mass is 531 g/mol. The number of nitro groups is 1. The third kappa shape index (κ3) is 4.59. The quantitative estimate of drug-likeness (QED) is 0.194. The SMILES string of the molecule is CCc1ccc(C2=NN(c3ccccc3)[C@@]3(C=C2)SC(c2ccc([N+](=O)[O-])cc2)=NN3c2ccccc2)cc1. The number of para-hydroxylation sites is 2. The Morgan fingerprint density at radius 2 is 1.33 bits per heavy atom. The Bertz CT molecular complexity index is 1590. The number of allylic oxidation sites excluding steroid dienone is 1. The number of benzene rings is 4. The Morgan fingerprint density at radius 3 is 1.90 bits per heavy atom. The first-order valence-electron chi connectivity index (χ1n) is 12.7. The van der Waals surface area contributed by atoms with Gasteiger partial charge in [0.1, 0.15) is 5.04 Å². The Balaban J connectivity index is 1.48. The van der Waals surface area contributed by atoms with E-state index in [1.165, 1.54) is 17.7 Å². The lowest BCUT2D eigenvalue weighted by molar-refractivity contribution is -0.384. The number of nitrogens with zero attached hydrogens (tertiary/aromatic N) is 5. The molecule has 4 aromatic carbocycles. The molecule has 192 valence electrons. The molecule has 7 nitrogen and oxygen atoms in total. The number of hydrazone groups is 2. The van der Waals surface area contributed by atoms with Gasteiger partial charge in [-0.1, -0.05) is 67.6 Å². The molecular formula is C31H25N5O2S. The van der Waals surface area contributed by atoms with Crippen molar-refractivity contribution in [1.82, 2.24) is 0 Å². The first-order valence-corrected chi connectivity index (χ1v) is 13.5. The van der Waals surface area contributed by atoms with Gasteiger partial charge < -0.3 is 0 Å². The van der Waals surface area contributed by atoms with Crippen molar-refractivity contribution in [2.45, 2.75) is 18.3 Å². The molecule has 0 amide bonds. The summed E-state index contributed by atoms with van der Waals surface area (Å²) in [5.41, 5.74) is 5.82. The molecule has 2 heterocycles. The Labute approximate surface area is 230 Å². The first kappa shape index (κ1) is 24.6. The van der Waals surface area contributed by atoms with Gasteiger partial charge in [-0.15, -0.1) is 0 Å². The topological polar surface area (TPSA) is 74.3 Å². The molecule has 2 aliphatic heterocycles. The van der Waals surface area contributed by atoms with Crippen LogP contribution in [-0.4, -0.2) is 20.7 Å². The van der Waals surface area contributed by atoms with Crippen LogP contribution in [0.3, 0.4) is 0 Å². The fourth-order valence-corrected chi connectivity index (χ4v) is 5.87. The lowest BCUT2D eigenvalue weighted by Gasteiger charge is -2.43. The van der Waals surface area contributed by atoms with Crippen molar-refractivity contribution in [3.05, 3.63) is 148 Å². The minimum atomic E-state index is -0.841. The van der Waals surface area contributed by atoms with E-state index < -0.39 is 9.92 Å². The van der Waals surface area contributed by atoms with Crippen LogP contribution in [0.1, 0.15) is 23.6 Å². The maximum Gasteiger partial charge on any atom is 0.269 e. The summed E-state index contributed by atoms with van der Waals surface area (Å²) in [5.74, 6) is 0. The van der Waals surface area contributed by atoms with E-state index in [9.17, 15) is 10.1 Å². The summed E-state index contributed by atoms with van der Waals surface area (Å²) in [5, 5.41) is 26.2. The van der Waals surface area contributed by atoms with Crippen molar-refractivity contribution < 1.29 is 4.92 Å². The van der Waals surface area contributed by atoms with Crippen LogP contribution < -0.4 is 10.0 Å². The van der Waals surface area contributed by atoms with Gasteiger partial charge in [0.25, 0.3) is 5.69 Å². The van der Waals surface area contributed by atoms with Gasteiger partial charge in [-0.05, 0) is 72.3 Å². The fourth-order valence-electron chi connectivity index (χ4n) is 4.61. The molecule has 39 heavy (non-hydrogen) atoms. The summed E-state index contributed by atoms with van der Waals surface area (Å²) >= 11 is 1.55. The minimum Gasteiger partial charge on any atom is -0.258 e. The summed E-state index contributed by atoms with van der Waals surface area (Å²) < 4.78 is 0. The van der Waals surface area contributed by atoms with Crippen molar-refractivity contribution >= 4 is 39.6 Å². The molecule has 1 spiro atoms. The maximum atomic E-state index is 11.2. The van der Waals surface area contributed by atoms with E-state index >= 15 is 0 Å². The van der Waals surface area contributed by atoms with E-state index in [1.807, 2.05) is 70.7 Å². The molecule has 8 heteroatoms. The highest BCUT2D eigenvalue weighted by atomic mass is 32.2. The van der Waals surface area contributed by atoms with Crippen molar-refractivity contribution in [3.63, 3.8) is 0 Å². The highest BCUT2D eigenvalue weighted by Gasteiger charge is 2.50. The summed E-state index contributed by atoms with van der Waals surface area (Å²) in [7, 11) is 0. The molecule has 0 N–H and O–H groups in total. The molecule has 4 aromatic rings.